The zero-order chi connectivity index (χ0) is 24.1. The Morgan fingerprint density at radius 2 is 1.94 bits per heavy atom. The zero-order valence-corrected chi connectivity index (χ0v) is 17.9. The number of nitrogens with one attached hydrogen (secondary N) is 1. The summed E-state index contributed by atoms with van der Waals surface area (Å²) in [7, 11) is 2.92. The van der Waals surface area contributed by atoms with Crippen LogP contribution < -0.4 is 20.5 Å². The van der Waals surface area contributed by atoms with Crippen molar-refractivity contribution in [2.45, 2.75) is 6.42 Å². The molecule has 1 aromatic heterocycles. The van der Waals surface area contributed by atoms with Gasteiger partial charge < -0.3 is 24.8 Å². The number of anilines is 2. The van der Waals surface area contributed by atoms with Gasteiger partial charge in [-0.25, -0.2) is 9.18 Å². The van der Waals surface area contributed by atoms with Crippen LogP contribution in [0, 0.1) is 5.82 Å². The number of rotatable bonds is 7. The van der Waals surface area contributed by atoms with Crippen LogP contribution in [-0.2, 0) is 11.8 Å². The number of ether oxygens (including phenoxy) is 1. The van der Waals surface area contributed by atoms with E-state index in [0.29, 0.717) is 11.3 Å². The van der Waals surface area contributed by atoms with Gasteiger partial charge in [-0.05, 0) is 42.0 Å². The summed E-state index contributed by atoms with van der Waals surface area (Å²) in [6, 6.07) is 10.8. The molecule has 0 aliphatic heterocycles. The third-order valence-electron chi connectivity index (χ3n) is 4.85. The summed E-state index contributed by atoms with van der Waals surface area (Å²) in [5.41, 5.74) is -0.376. The first-order valence-electron chi connectivity index (χ1n) is 9.85. The Labute approximate surface area is 188 Å². The fourth-order valence-corrected chi connectivity index (χ4v) is 3.18. The molecule has 0 radical (unpaired) electrons. The number of aliphatic carboxylic acids is 1. The molecule has 0 fully saturated rings. The normalized spacial score (nSPS) is 10.5. The van der Waals surface area contributed by atoms with Crippen LogP contribution in [0.3, 0.4) is 0 Å². The van der Waals surface area contributed by atoms with Crippen LogP contribution in [0.25, 0.3) is 11.1 Å². The number of carboxylic acid groups (broad SMARTS) is 1. The number of aryl methyl sites for hydroxylation is 1. The molecule has 0 unspecified atom stereocenters. The summed E-state index contributed by atoms with van der Waals surface area (Å²) in [4.78, 5) is 37.5. The number of methoxy groups -OCH3 is 1. The third kappa shape index (κ3) is 5.12. The molecule has 0 aliphatic carbocycles. The molecule has 2 amide bonds. The molecule has 0 aliphatic rings. The molecule has 0 saturated carbocycles. The Bertz CT molecular complexity index is 1260. The zero-order valence-electron chi connectivity index (χ0n) is 17.9. The Kier molecular flexibility index (Phi) is 6.97. The number of urea groups is 1. The van der Waals surface area contributed by atoms with E-state index in [-0.39, 0.29) is 29.9 Å². The highest BCUT2D eigenvalue weighted by Crippen LogP contribution is 2.34. The lowest BCUT2D eigenvalue weighted by Gasteiger charge is -2.24. The largest absolute Gasteiger partial charge is 0.505 e. The minimum Gasteiger partial charge on any atom is -0.505 e. The van der Waals surface area contributed by atoms with Crippen molar-refractivity contribution in [2.24, 2.45) is 7.05 Å². The molecular weight excluding hydrogens is 433 g/mol. The van der Waals surface area contributed by atoms with Crippen molar-refractivity contribution in [3.8, 4) is 22.6 Å². The number of hydrogen-bond acceptors (Lipinski definition) is 5. The van der Waals surface area contributed by atoms with E-state index in [1.54, 1.807) is 24.3 Å². The lowest BCUT2D eigenvalue weighted by molar-refractivity contribution is -0.136. The molecule has 0 spiro atoms. The van der Waals surface area contributed by atoms with Crippen molar-refractivity contribution in [3.63, 3.8) is 0 Å². The van der Waals surface area contributed by atoms with Crippen LogP contribution >= 0.6 is 0 Å². The average Bonchev–Trinajstić information content (AvgIpc) is 2.79. The summed E-state index contributed by atoms with van der Waals surface area (Å²) >= 11 is 0. The summed E-state index contributed by atoms with van der Waals surface area (Å²) in [6.07, 6.45) is 0.977. The van der Waals surface area contributed by atoms with Crippen LogP contribution in [0.5, 0.6) is 11.5 Å². The number of amides is 2. The van der Waals surface area contributed by atoms with Crippen molar-refractivity contribution < 1.29 is 28.9 Å². The van der Waals surface area contributed by atoms with Crippen molar-refractivity contribution in [3.05, 3.63) is 70.9 Å². The minimum atomic E-state index is -1.12. The molecular formula is C23H22FN3O6. The van der Waals surface area contributed by atoms with Gasteiger partial charge in [-0.2, -0.15) is 0 Å². The van der Waals surface area contributed by atoms with Gasteiger partial charge in [-0.15, -0.1) is 0 Å². The van der Waals surface area contributed by atoms with Gasteiger partial charge in [0, 0.05) is 25.4 Å². The quantitative estimate of drug-likeness (QED) is 0.503. The average molecular weight is 455 g/mol. The van der Waals surface area contributed by atoms with Gasteiger partial charge in [0.25, 0.3) is 5.56 Å². The van der Waals surface area contributed by atoms with Crippen molar-refractivity contribution >= 4 is 23.4 Å². The Morgan fingerprint density at radius 3 is 2.64 bits per heavy atom. The number of nitrogens with zero attached hydrogens (tertiary/aromatic N) is 2. The highest BCUT2D eigenvalue weighted by Gasteiger charge is 2.26. The number of benzene rings is 2. The SMILES string of the molecule is COc1cccc(-c2cc(N(C(=O)NCCC(=O)O)c3c(O)ccn(C)c3=O)ccc2F)c1. The first-order chi connectivity index (χ1) is 15.7. The highest BCUT2D eigenvalue weighted by atomic mass is 19.1. The lowest BCUT2D eigenvalue weighted by atomic mass is 10.0. The second-order valence-corrected chi connectivity index (χ2v) is 7.07. The molecule has 9 nitrogen and oxygen atoms in total. The second kappa shape index (κ2) is 9.86. The van der Waals surface area contributed by atoms with E-state index in [1.165, 1.54) is 43.1 Å². The van der Waals surface area contributed by atoms with Crippen molar-refractivity contribution in [1.82, 2.24) is 9.88 Å². The Morgan fingerprint density at radius 1 is 1.18 bits per heavy atom. The van der Waals surface area contributed by atoms with E-state index in [1.807, 2.05) is 0 Å². The predicted octanol–water partition coefficient (Wildman–Crippen LogP) is 3.23. The van der Waals surface area contributed by atoms with E-state index in [0.717, 1.165) is 11.0 Å². The highest BCUT2D eigenvalue weighted by molar-refractivity contribution is 6.01. The maximum atomic E-state index is 14.7. The van der Waals surface area contributed by atoms with Crippen molar-refractivity contribution in [2.75, 3.05) is 18.6 Å². The van der Waals surface area contributed by atoms with E-state index in [9.17, 15) is 23.9 Å². The second-order valence-electron chi connectivity index (χ2n) is 7.07. The molecule has 0 atom stereocenters. The molecule has 1 heterocycles. The topological polar surface area (TPSA) is 121 Å². The number of aromatic hydroxyl groups is 1. The summed E-state index contributed by atoms with van der Waals surface area (Å²) < 4.78 is 21.1. The monoisotopic (exact) mass is 455 g/mol. The smallest absolute Gasteiger partial charge is 0.326 e. The van der Waals surface area contributed by atoms with Crippen LogP contribution in [-0.4, -0.2) is 40.4 Å². The number of hydrogen-bond donors (Lipinski definition) is 3. The van der Waals surface area contributed by atoms with Gasteiger partial charge in [0.1, 0.15) is 17.3 Å². The molecule has 10 heteroatoms. The van der Waals surface area contributed by atoms with Gasteiger partial charge in [-0.3, -0.25) is 14.5 Å². The van der Waals surface area contributed by atoms with E-state index in [4.69, 9.17) is 9.84 Å². The first-order valence-corrected chi connectivity index (χ1v) is 9.85. The molecule has 3 N–H and O–H groups in total. The molecule has 0 saturated heterocycles. The first kappa shape index (κ1) is 23.3. The maximum Gasteiger partial charge on any atom is 0.326 e. The van der Waals surface area contributed by atoms with Gasteiger partial charge in [0.2, 0.25) is 0 Å². The number of halogens is 1. The predicted molar refractivity (Wildman–Crippen MR) is 120 cm³/mol. The molecule has 2 aromatic carbocycles. The van der Waals surface area contributed by atoms with E-state index in [2.05, 4.69) is 5.32 Å². The van der Waals surface area contributed by atoms with Crippen LogP contribution in [0.15, 0.2) is 59.5 Å². The van der Waals surface area contributed by atoms with Crippen LogP contribution in [0.1, 0.15) is 6.42 Å². The summed E-state index contributed by atoms with van der Waals surface area (Å²) in [5.74, 6) is -1.68. The Balaban J connectivity index is 2.15. The maximum absolute atomic E-state index is 14.7. The fraction of sp³-hybridized carbons (Fsp3) is 0.174. The standard InChI is InChI=1S/C23H22FN3O6/c1-26-11-9-19(28)21(22(26)31)27(23(32)25-10-8-20(29)30)15-6-7-18(24)17(13-15)14-4-3-5-16(12-14)33-2/h3-7,9,11-13,28H,8,10H2,1-2H3,(H,25,32)(H,29,30). The third-order valence-corrected chi connectivity index (χ3v) is 4.85. The molecule has 3 rings (SSSR count). The van der Waals surface area contributed by atoms with Gasteiger partial charge in [-0.1, -0.05) is 12.1 Å². The number of carbonyl (C=O) groups is 2. The van der Waals surface area contributed by atoms with Crippen LogP contribution in [0.4, 0.5) is 20.6 Å². The minimum absolute atomic E-state index is 0.0839. The Hall–Kier alpha value is -4.34. The number of carbonyl (C=O) groups excluding carboxylic acids is 1. The van der Waals surface area contributed by atoms with Crippen molar-refractivity contribution in [1.29, 1.82) is 0 Å². The van der Waals surface area contributed by atoms with E-state index < -0.39 is 29.1 Å². The molecule has 33 heavy (non-hydrogen) atoms. The van der Waals surface area contributed by atoms with Gasteiger partial charge >= 0.3 is 12.0 Å². The molecule has 172 valence electrons. The fourth-order valence-electron chi connectivity index (χ4n) is 3.18. The van der Waals surface area contributed by atoms with Gasteiger partial charge in [0.15, 0.2) is 5.69 Å². The van der Waals surface area contributed by atoms with Gasteiger partial charge in [0.05, 0.1) is 19.2 Å². The lowest BCUT2D eigenvalue weighted by Crippen LogP contribution is -2.41. The van der Waals surface area contributed by atoms with Crippen LogP contribution in [0.2, 0.25) is 0 Å². The summed E-state index contributed by atoms with van der Waals surface area (Å²) in [6.45, 7) is -0.220. The number of carboxylic acids is 1. The number of pyridine rings is 1. The molecule has 3 aromatic rings. The molecule has 0 bridgehead atoms. The van der Waals surface area contributed by atoms with E-state index >= 15 is 0 Å². The number of aromatic nitrogens is 1. The summed E-state index contributed by atoms with van der Waals surface area (Å²) in [5, 5.41) is 21.7.